The summed E-state index contributed by atoms with van der Waals surface area (Å²) < 4.78 is 129. The molecule has 0 bridgehead atoms. The fraction of sp³-hybridized carbons (Fsp3) is 0.208. The maximum absolute atomic E-state index is 11.7. The molecule has 290 valence electrons. The van der Waals surface area contributed by atoms with Crippen molar-refractivity contribution in [2.45, 2.75) is 0 Å². The molecule has 3 aromatic carbocycles. The van der Waals surface area contributed by atoms with Gasteiger partial charge >= 0.3 is 5.97 Å². The molecule has 22 nitrogen and oxygen atoms in total. The first kappa shape index (κ1) is 51.1. The number of nitrogen functional groups attached to an aromatic ring is 1. The summed E-state index contributed by atoms with van der Waals surface area (Å²) in [5.41, 5.74) is 13.2. The number of guanidine groups is 1. The number of carbonyl (C=O) groups is 1. The largest absolute Gasteiger partial charge is 0.478 e. The van der Waals surface area contributed by atoms with E-state index in [0.29, 0.717) is 53.7 Å². The van der Waals surface area contributed by atoms with E-state index in [4.69, 9.17) is 45.0 Å². The fourth-order valence-electron chi connectivity index (χ4n) is 2.86. The first-order valence-corrected chi connectivity index (χ1v) is 21.6. The van der Waals surface area contributed by atoms with Crippen LogP contribution in [0, 0.1) is 10.8 Å². The van der Waals surface area contributed by atoms with Gasteiger partial charge in [-0.15, -0.1) is 0 Å². The fourth-order valence-corrected chi connectivity index (χ4v) is 2.86. The molecule has 0 saturated heterocycles. The van der Waals surface area contributed by atoms with Crippen LogP contribution in [0.5, 0.6) is 0 Å². The third-order valence-corrected chi connectivity index (χ3v) is 4.00. The number of carboxylic acids is 1. The lowest BCUT2D eigenvalue weighted by molar-refractivity contribution is 0.0697. The van der Waals surface area contributed by atoms with Crippen molar-refractivity contribution in [2.24, 2.45) is 11.5 Å². The number of nitrogens with two attached hydrogens (primary N) is 2. The first-order valence-electron chi connectivity index (χ1n) is 12.3. The minimum absolute atomic E-state index is 0.0138. The highest BCUT2D eigenvalue weighted by Crippen LogP contribution is 2.34. The number of hydrogen-bond acceptors (Lipinski definition) is 13. The molecule has 0 spiro atoms. The van der Waals surface area contributed by atoms with Crippen molar-refractivity contribution in [1.82, 2.24) is 0 Å². The molecule has 27 heteroatoms. The van der Waals surface area contributed by atoms with Gasteiger partial charge < -0.3 is 21.9 Å². The predicted octanol–water partition coefficient (Wildman–Crippen LogP) is 0.314. The Morgan fingerprint density at radius 1 is 0.608 bits per heavy atom. The van der Waals surface area contributed by atoms with Gasteiger partial charge in [0.25, 0.3) is 50.6 Å². The number of fused-ring (bicyclic) bond motifs is 1. The number of amidine groups is 1. The monoisotopic (exact) mass is 827 g/mol. The number of hydrogen-bond donors (Lipinski definition) is 11. The Labute approximate surface area is 294 Å². The second-order valence-electron chi connectivity index (χ2n) is 9.43. The number of nitrogens with one attached hydrogen (secondary N) is 3. The summed E-state index contributed by atoms with van der Waals surface area (Å²) in [5.74, 6) is -1.36. The van der Waals surface area contributed by atoms with Crippen molar-refractivity contribution >= 4 is 84.8 Å². The van der Waals surface area contributed by atoms with Crippen molar-refractivity contribution in [3.05, 3.63) is 65.7 Å². The van der Waals surface area contributed by atoms with Gasteiger partial charge in [0, 0.05) is 16.8 Å². The standard InChI is InChI=1S/C19H17N5O2.5CH4O3S/c20-17(21)13-7-5-10-8-12(6-4-11(10)9-13)16-14(18(25)26)2-1-3-15(16)24-19(22)23;5*1-5(2,3)4/h1-9H,(H3,20,21)(H,25,26)(H4,22,23,24);5*1H3,(H,2,3,4). The smallest absolute Gasteiger partial charge is 0.336 e. The summed E-state index contributed by atoms with van der Waals surface area (Å²) >= 11 is 0. The van der Waals surface area contributed by atoms with E-state index in [-0.39, 0.29) is 17.4 Å². The summed E-state index contributed by atoms with van der Waals surface area (Å²) in [7, 11) is -18.3. The van der Waals surface area contributed by atoms with Crippen molar-refractivity contribution < 1.29 is 74.8 Å². The Bertz CT molecular complexity index is 2030. The van der Waals surface area contributed by atoms with Crippen LogP contribution in [0.2, 0.25) is 0 Å². The van der Waals surface area contributed by atoms with Crippen LogP contribution in [-0.2, 0) is 50.6 Å². The average Bonchev–Trinajstić information content (AvgIpc) is 2.82. The van der Waals surface area contributed by atoms with E-state index >= 15 is 0 Å². The summed E-state index contributed by atoms with van der Waals surface area (Å²) in [6.07, 6.45) is 3.58. The van der Waals surface area contributed by atoms with Crippen molar-refractivity contribution in [3.63, 3.8) is 0 Å². The maximum atomic E-state index is 11.7. The molecule has 0 radical (unpaired) electrons. The third kappa shape index (κ3) is 38.3. The van der Waals surface area contributed by atoms with Crippen LogP contribution < -0.4 is 16.8 Å². The van der Waals surface area contributed by atoms with Gasteiger partial charge in [-0.05, 0) is 40.6 Å². The van der Waals surface area contributed by atoms with Crippen molar-refractivity contribution in [3.8, 4) is 11.1 Å². The Hall–Kier alpha value is -4.32. The Morgan fingerprint density at radius 2 is 0.961 bits per heavy atom. The highest BCUT2D eigenvalue weighted by atomic mass is 32.2. The van der Waals surface area contributed by atoms with E-state index in [9.17, 15) is 52.0 Å². The van der Waals surface area contributed by atoms with Crippen LogP contribution in [0.4, 0.5) is 5.69 Å². The molecule has 0 aliphatic heterocycles. The molecule has 0 atom stereocenters. The lowest BCUT2D eigenvalue weighted by Gasteiger charge is -2.14. The zero-order valence-corrected chi connectivity index (χ0v) is 31.1. The molecule has 0 aliphatic rings. The van der Waals surface area contributed by atoms with E-state index in [1.165, 1.54) is 6.07 Å². The third-order valence-electron chi connectivity index (χ3n) is 4.00. The summed E-state index contributed by atoms with van der Waals surface area (Å²) in [4.78, 5) is 11.7. The summed E-state index contributed by atoms with van der Waals surface area (Å²) in [6, 6.07) is 15.6. The second-order valence-corrected chi connectivity index (χ2v) is 16.8. The SMILES string of the molecule is CS(=O)(=O)O.CS(=O)(=O)O.CS(=O)(=O)O.CS(=O)(=O)O.CS(=O)(=O)O.N=C(N)Nc1cccc(C(=O)O)c1-c1ccc2cc(C(=N)N)ccc2c1. The molecule has 0 aromatic heterocycles. The topological polar surface area (TPSA) is 421 Å². The van der Waals surface area contributed by atoms with Crippen LogP contribution in [0.15, 0.2) is 54.6 Å². The lowest BCUT2D eigenvalue weighted by Crippen LogP contribution is -2.21. The normalized spacial score (nSPS) is 11.0. The first-order chi connectivity index (χ1) is 22.4. The van der Waals surface area contributed by atoms with Crippen LogP contribution >= 0.6 is 0 Å². The molecule has 0 heterocycles. The molecular weight excluding hydrogens is 791 g/mol. The number of aromatic carboxylic acids is 1. The molecule has 3 rings (SSSR count). The molecule has 0 aliphatic carbocycles. The molecule has 13 N–H and O–H groups in total. The molecular formula is C24H37N5O17S5. The average molecular weight is 828 g/mol. The lowest BCUT2D eigenvalue weighted by atomic mass is 9.95. The Kier molecular flexibility index (Phi) is 21.2. The van der Waals surface area contributed by atoms with Gasteiger partial charge in [-0.25, -0.2) is 4.79 Å². The van der Waals surface area contributed by atoms with E-state index in [1.807, 2.05) is 18.2 Å². The predicted molar refractivity (Wildman–Crippen MR) is 190 cm³/mol. The summed E-state index contributed by atoms with van der Waals surface area (Å²) in [5, 5.41) is 29.0. The maximum Gasteiger partial charge on any atom is 0.336 e. The van der Waals surface area contributed by atoms with Gasteiger partial charge in [0.1, 0.15) is 5.84 Å². The number of rotatable bonds is 4. The van der Waals surface area contributed by atoms with Gasteiger partial charge in [0.2, 0.25) is 0 Å². The van der Waals surface area contributed by atoms with E-state index in [2.05, 4.69) is 5.32 Å². The van der Waals surface area contributed by atoms with E-state index < -0.39 is 56.6 Å². The quantitative estimate of drug-likeness (QED) is 0.0957. The van der Waals surface area contributed by atoms with Crippen molar-refractivity contribution in [1.29, 1.82) is 10.8 Å². The van der Waals surface area contributed by atoms with Crippen LogP contribution in [0.1, 0.15) is 15.9 Å². The Morgan fingerprint density at radius 3 is 1.29 bits per heavy atom. The van der Waals surface area contributed by atoms with Gasteiger partial charge in [-0.1, -0.05) is 30.3 Å². The van der Waals surface area contributed by atoms with Gasteiger partial charge in [0.05, 0.1) is 36.8 Å². The van der Waals surface area contributed by atoms with Crippen LogP contribution in [-0.4, -0.2) is 119 Å². The van der Waals surface area contributed by atoms with Crippen molar-refractivity contribution in [2.75, 3.05) is 36.6 Å². The van der Waals surface area contributed by atoms with E-state index in [1.54, 1.807) is 30.3 Å². The van der Waals surface area contributed by atoms with Crippen LogP contribution in [0.25, 0.3) is 21.9 Å². The molecule has 0 fully saturated rings. The summed E-state index contributed by atoms with van der Waals surface area (Å²) in [6.45, 7) is 0. The second kappa shape index (κ2) is 21.1. The Balaban J connectivity index is -0.000000746. The zero-order valence-electron chi connectivity index (χ0n) is 27.1. The molecule has 0 amide bonds. The van der Waals surface area contributed by atoms with E-state index in [0.717, 1.165) is 10.8 Å². The minimum atomic E-state index is -3.67. The van der Waals surface area contributed by atoms with Gasteiger partial charge in [-0.2, -0.15) is 42.1 Å². The molecule has 0 saturated carbocycles. The van der Waals surface area contributed by atoms with Crippen LogP contribution in [0.3, 0.4) is 0 Å². The van der Waals surface area contributed by atoms with Gasteiger partial charge in [0.15, 0.2) is 5.96 Å². The number of carboxylic acid groups (broad SMARTS) is 1. The zero-order chi connectivity index (χ0) is 41.3. The molecule has 0 unspecified atom stereocenters. The van der Waals surface area contributed by atoms with Gasteiger partial charge in [-0.3, -0.25) is 33.6 Å². The highest BCUT2D eigenvalue weighted by Gasteiger charge is 2.17. The molecule has 51 heavy (non-hydrogen) atoms. The number of anilines is 1. The molecule has 3 aromatic rings. The minimum Gasteiger partial charge on any atom is -0.478 e. The number of benzene rings is 3. The highest BCUT2D eigenvalue weighted by molar-refractivity contribution is 7.85.